The fourth-order valence-corrected chi connectivity index (χ4v) is 4.91. The van der Waals surface area contributed by atoms with Crippen LogP contribution in [0.1, 0.15) is 16.1 Å². The first kappa shape index (κ1) is 19.5. The maximum absolute atomic E-state index is 13.8. The van der Waals surface area contributed by atoms with Gasteiger partial charge in [-0.05, 0) is 30.3 Å². The monoisotopic (exact) mass is 430 g/mol. The predicted molar refractivity (Wildman–Crippen MR) is 125 cm³/mol. The molecular weight excluding hydrogens is 409 g/mol. The highest BCUT2D eigenvalue weighted by atomic mass is 32.1. The number of aryl methyl sites for hydroxylation is 1. The zero-order valence-electron chi connectivity index (χ0n) is 17.5. The van der Waals surface area contributed by atoms with Crippen LogP contribution in [0.5, 0.6) is 5.75 Å². The first-order valence-electron chi connectivity index (χ1n) is 9.91. The van der Waals surface area contributed by atoms with Crippen LogP contribution in [-0.2, 0) is 7.05 Å². The Hall–Kier alpha value is -3.51. The second-order valence-electron chi connectivity index (χ2n) is 7.38. The number of aliphatic imine (C=N–C) groups is 1. The van der Waals surface area contributed by atoms with E-state index in [1.807, 2.05) is 55.1 Å². The number of benzene rings is 3. The molecule has 1 aliphatic heterocycles. The Bertz CT molecular complexity index is 1360. The number of rotatable bonds is 3. The van der Waals surface area contributed by atoms with Gasteiger partial charge < -0.3 is 9.64 Å². The van der Waals surface area contributed by atoms with Gasteiger partial charge in [0.05, 0.1) is 18.5 Å². The molecule has 154 valence electrons. The van der Waals surface area contributed by atoms with Gasteiger partial charge in [-0.15, -0.1) is 0 Å². The SMILES string of the molecule is COc1ccc2c(c1)/C(=C/c1sc3ccc(F)cc3[n+]1C)N=C(c1ccccc1)N2C. The van der Waals surface area contributed by atoms with Crippen LogP contribution < -0.4 is 14.2 Å². The van der Waals surface area contributed by atoms with Gasteiger partial charge in [0.25, 0.3) is 5.01 Å². The molecule has 6 heteroatoms. The van der Waals surface area contributed by atoms with Crippen LogP contribution in [0.4, 0.5) is 10.1 Å². The Kier molecular flexibility index (Phi) is 4.79. The van der Waals surface area contributed by atoms with Gasteiger partial charge in [0, 0.05) is 30.3 Å². The van der Waals surface area contributed by atoms with Crippen LogP contribution in [0.25, 0.3) is 22.0 Å². The predicted octanol–water partition coefficient (Wildman–Crippen LogP) is 5.27. The highest BCUT2D eigenvalue weighted by Crippen LogP contribution is 2.37. The summed E-state index contributed by atoms with van der Waals surface area (Å²) in [5.74, 6) is 1.41. The number of halogens is 1. The number of thiazole rings is 1. The molecule has 0 N–H and O–H groups in total. The fraction of sp³-hybridized carbons (Fsp3) is 0.120. The fourth-order valence-electron chi connectivity index (χ4n) is 3.84. The Morgan fingerprint density at radius 3 is 2.65 bits per heavy atom. The Morgan fingerprint density at radius 1 is 1.06 bits per heavy atom. The number of hydrogen-bond donors (Lipinski definition) is 0. The Morgan fingerprint density at radius 2 is 1.87 bits per heavy atom. The van der Waals surface area contributed by atoms with Crippen molar-refractivity contribution >= 4 is 44.8 Å². The second-order valence-corrected chi connectivity index (χ2v) is 8.45. The van der Waals surface area contributed by atoms with Crippen LogP contribution in [0.15, 0.2) is 71.7 Å². The van der Waals surface area contributed by atoms with Gasteiger partial charge in [-0.3, -0.25) is 0 Å². The van der Waals surface area contributed by atoms with E-state index in [-0.39, 0.29) is 5.82 Å². The maximum Gasteiger partial charge on any atom is 0.264 e. The number of aromatic nitrogens is 1. The molecule has 0 saturated heterocycles. The van der Waals surface area contributed by atoms with E-state index < -0.39 is 0 Å². The van der Waals surface area contributed by atoms with E-state index in [9.17, 15) is 4.39 Å². The summed E-state index contributed by atoms with van der Waals surface area (Å²) in [7, 11) is 5.64. The van der Waals surface area contributed by atoms with Gasteiger partial charge in [0.15, 0.2) is 0 Å². The van der Waals surface area contributed by atoms with Gasteiger partial charge in [0.2, 0.25) is 5.52 Å². The van der Waals surface area contributed by atoms with Crippen molar-refractivity contribution in [1.29, 1.82) is 0 Å². The number of hydrogen-bond acceptors (Lipinski definition) is 4. The van der Waals surface area contributed by atoms with E-state index in [0.29, 0.717) is 0 Å². The second kappa shape index (κ2) is 7.63. The highest BCUT2D eigenvalue weighted by molar-refractivity contribution is 7.18. The summed E-state index contributed by atoms with van der Waals surface area (Å²) in [5, 5.41) is 0.991. The van der Waals surface area contributed by atoms with Gasteiger partial charge in [-0.25, -0.2) is 9.38 Å². The summed E-state index contributed by atoms with van der Waals surface area (Å²) in [6.07, 6.45) is 2.07. The van der Waals surface area contributed by atoms with E-state index in [4.69, 9.17) is 9.73 Å². The average Bonchev–Trinajstić information content (AvgIpc) is 3.10. The summed E-state index contributed by atoms with van der Waals surface area (Å²) in [5.41, 5.74) is 4.79. The third-order valence-corrected chi connectivity index (χ3v) is 6.67. The molecule has 31 heavy (non-hydrogen) atoms. The molecule has 0 aliphatic carbocycles. The zero-order chi connectivity index (χ0) is 21.5. The Labute approximate surface area is 184 Å². The van der Waals surface area contributed by atoms with Crippen LogP contribution in [-0.4, -0.2) is 20.0 Å². The van der Waals surface area contributed by atoms with Crippen LogP contribution in [0.2, 0.25) is 0 Å². The van der Waals surface area contributed by atoms with E-state index in [1.165, 1.54) is 6.07 Å². The van der Waals surface area contributed by atoms with Crippen molar-refractivity contribution in [1.82, 2.24) is 0 Å². The average molecular weight is 431 g/mol. The minimum atomic E-state index is -0.237. The molecular formula is C25H21FN3OS+. The summed E-state index contributed by atoms with van der Waals surface area (Å²) < 4.78 is 22.3. The van der Waals surface area contributed by atoms with E-state index in [1.54, 1.807) is 24.5 Å². The molecule has 0 bridgehead atoms. The lowest BCUT2D eigenvalue weighted by Gasteiger charge is -2.29. The molecule has 2 heterocycles. The molecule has 0 spiro atoms. The normalized spacial score (nSPS) is 14.6. The Balaban J connectivity index is 1.73. The minimum absolute atomic E-state index is 0.237. The lowest BCUT2D eigenvalue weighted by Crippen LogP contribution is -2.31. The minimum Gasteiger partial charge on any atom is -0.497 e. The van der Waals surface area contributed by atoms with Crippen LogP contribution >= 0.6 is 11.3 Å². The van der Waals surface area contributed by atoms with Crippen LogP contribution in [0, 0.1) is 5.82 Å². The number of fused-ring (bicyclic) bond motifs is 2. The quantitative estimate of drug-likeness (QED) is 0.415. The molecule has 0 saturated carbocycles. The number of anilines is 1. The van der Waals surface area contributed by atoms with Crippen LogP contribution in [0.3, 0.4) is 0 Å². The lowest BCUT2D eigenvalue weighted by atomic mass is 10.0. The summed E-state index contributed by atoms with van der Waals surface area (Å²) in [6, 6.07) is 21.1. The molecule has 4 nitrogen and oxygen atoms in total. The molecule has 5 rings (SSSR count). The molecule has 0 amide bonds. The summed E-state index contributed by atoms with van der Waals surface area (Å²) in [4.78, 5) is 7.14. The lowest BCUT2D eigenvalue weighted by molar-refractivity contribution is -0.642. The maximum atomic E-state index is 13.8. The molecule has 0 atom stereocenters. The molecule has 1 aromatic heterocycles. The van der Waals surface area contributed by atoms with Crippen molar-refractivity contribution in [2.24, 2.45) is 12.0 Å². The number of nitrogens with zero attached hydrogens (tertiary/aromatic N) is 3. The smallest absolute Gasteiger partial charge is 0.264 e. The van der Waals surface area contributed by atoms with Crippen molar-refractivity contribution in [3.8, 4) is 5.75 Å². The number of methoxy groups -OCH3 is 1. The van der Waals surface area contributed by atoms with Crippen molar-refractivity contribution in [3.05, 3.63) is 88.7 Å². The third-order valence-electron chi connectivity index (χ3n) is 5.50. The standard InChI is InChI=1S/C25H21FN3OS/c1-28-22-13-17(26)9-12-23(22)31-24(28)15-20-19-14-18(30-3)10-11-21(19)29(2)25(27-20)16-7-5-4-6-8-16/h4-15H,1-3H3/q+1. The van der Waals surface area contributed by atoms with Gasteiger partial charge >= 0.3 is 0 Å². The molecule has 0 unspecified atom stereocenters. The van der Waals surface area contributed by atoms with Crippen molar-refractivity contribution < 1.29 is 13.7 Å². The van der Waals surface area contributed by atoms with Crippen molar-refractivity contribution in [3.63, 3.8) is 0 Å². The molecule has 4 aromatic rings. The molecule has 0 radical (unpaired) electrons. The van der Waals surface area contributed by atoms with E-state index in [2.05, 4.69) is 29.2 Å². The van der Waals surface area contributed by atoms with Gasteiger partial charge in [-0.1, -0.05) is 41.7 Å². The number of ether oxygens (including phenoxy) is 1. The van der Waals surface area contributed by atoms with Crippen molar-refractivity contribution in [2.75, 3.05) is 19.1 Å². The van der Waals surface area contributed by atoms with Gasteiger partial charge in [-0.2, -0.15) is 4.57 Å². The highest BCUT2D eigenvalue weighted by Gasteiger charge is 2.25. The van der Waals surface area contributed by atoms with Crippen molar-refractivity contribution in [2.45, 2.75) is 0 Å². The largest absolute Gasteiger partial charge is 0.497 e. The van der Waals surface area contributed by atoms with Gasteiger partial charge in [0.1, 0.15) is 29.1 Å². The van der Waals surface area contributed by atoms with E-state index in [0.717, 1.165) is 49.3 Å². The topological polar surface area (TPSA) is 28.7 Å². The third kappa shape index (κ3) is 3.39. The molecule has 0 fully saturated rings. The summed E-state index contributed by atoms with van der Waals surface area (Å²) in [6.45, 7) is 0. The zero-order valence-corrected chi connectivity index (χ0v) is 18.3. The first-order chi connectivity index (χ1) is 15.0. The van der Waals surface area contributed by atoms with E-state index >= 15 is 0 Å². The molecule has 1 aliphatic rings. The molecule has 3 aromatic carbocycles. The number of amidine groups is 1. The summed E-state index contributed by atoms with van der Waals surface area (Å²) >= 11 is 1.61. The first-order valence-corrected chi connectivity index (χ1v) is 10.7.